The summed E-state index contributed by atoms with van der Waals surface area (Å²) in [6.45, 7) is 4.10. The van der Waals surface area contributed by atoms with Crippen molar-refractivity contribution in [3.63, 3.8) is 0 Å². The zero-order valence-corrected chi connectivity index (χ0v) is 13.2. The minimum absolute atomic E-state index is 0.00672. The zero-order chi connectivity index (χ0) is 15.8. The standard InChI is InChI=1S/C20H22N2/c1-3-10-16(2)19(15-21)22-20(17-11-6-4-7-12-17)18-13-8-5-9-14-18/h4-14,19-20,22H,3H2,1-2H3/b16-10+/t19-/m0/s1. The topological polar surface area (TPSA) is 35.8 Å². The highest BCUT2D eigenvalue weighted by Crippen LogP contribution is 2.23. The predicted molar refractivity (Wildman–Crippen MR) is 91.3 cm³/mol. The minimum Gasteiger partial charge on any atom is -0.288 e. The van der Waals surface area contributed by atoms with Crippen LogP contribution in [0.2, 0.25) is 0 Å². The Hall–Kier alpha value is -2.37. The van der Waals surface area contributed by atoms with Gasteiger partial charge < -0.3 is 0 Å². The van der Waals surface area contributed by atoms with Crippen molar-refractivity contribution in [1.29, 1.82) is 5.26 Å². The fourth-order valence-corrected chi connectivity index (χ4v) is 2.55. The van der Waals surface area contributed by atoms with Gasteiger partial charge in [0.05, 0.1) is 12.1 Å². The van der Waals surface area contributed by atoms with Gasteiger partial charge in [-0.2, -0.15) is 5.26 Å². The summed E-state index contributed by atoms with van der Waals surface area (Å²) in [5.41, 5.74) is 3.40. The molecule has 0 aliphatic rings. The van der Waals surface area contributed by atoms with E-state index in [-0.39, 0.29) is 12.1 Å². The summed E-state index contributed by atoms with van der Waals surface area (Å²) in [7, 11) is 0. The van der Waals surface area contributed by atoms with Crippen molar-refractivity contribution in [2.24, 2.45) is 0 Å². The number of rotatable bonds is 6. The number of benzene rings is 2. The van der Waals surface area contributed by atoms with Gasteiger partial charge in [-0.05, 0) is 30.0 Å². The van der Waals surface area contributed by atoms with Gasteiger partial charge in [-0.3, -0.25) is 5.32 Å². The first kappa shape index (κ1) is 16.0. The lowest BCUT2D eigenvalue weighted by molar-refractivity contribution is 0.581. The SMILES string of the molecule is CC/C=C(\C)[C@H](C#N)NC(c1ccccc1)c1ccccc1. The van der Waals surface area contributed by atoms with Crippen molar-refractivity contribution in [2.45, 2.75) is 32.4 Å². The zero-order valence-electron chi connectivity index (χ0n) is 13.2. The first-order valence-electron chi connectivity index (χ1n) is 7.68. The molecule has 0 spiro atoms. The maximum absolute atomic E-state index is 9.51. The van der Waals surface area contributed by atoms with Crippen molar-refractivity contribution in [3.8, 4) is 6.07 Å². The molecular weight excluding hydrogens is 268 g/mol. The van der Waals surface area contributed by atoms with Gasteiger partial charge in [-0.1, -0.05) is 73.7 Å². The Morgan fingerprint density at radius 2 is 1.55 bits per heavy atom. The van der Waals surface area contributed by atoms with Crippen molar-refractivity contribution in [1.82, 2.24) is 5.32 Å². The number of nitriles is 1. The molecule has 1 atom stereocenters. The van der Waals surface area contributed by atoms with Crippen LogP contribution in [0, 0.1) is 11.3 Å². The van der Waals surface area contributed by atoms with Crippen LogP contribution >= 0.6 is 0 Å². The third-order valence-corrected chi connectivity index (χ3v) is 3.71. The summed E-state index contributed by atoms with van der Waals surface area (Å²) >= 11 is 0. The van der Waals surface area contributed by atoms with Gasteiger partial charge in [-0.15, -0.1) is 0 Å². The second-order valence-corrected chi connectivity index (χ2v) is 5.34. The van der Waals surface area contributed by atoms with E-state index < -0.39 is 0 Å². The summed E-state index contributed by atoms with van der Waals surface area (Å²) in [6, 6.07) is 22.6. The highest BCUT2D eigenvalue weighted by molar-refractivity contribution is 5.33. The average molecular weight is 290 g/mol. The van der Waals surface area contributed by atoms with E-state index in [0.29, 0.717) is 0 Å². The second-order valence-electron chi connectivity index (χ2n) is 5.34. The van der Waals surface area contributed by atoms with Crippen LogP contribution in [0.4, 0.5) is 0 Å². The third-order valence-electron chi connectivity index (χ3n) is 3.71. The van der Waals surface area contributed by atoms with Crippen molar-refractivity contribution >= 4 is 0 Å². The Kier molecular flexibility index (Phi) is 5.94. The van der Waals surface area contributed by atoms with Crippen LogP contribution in [-0.4, -0.2) is 6.04 Å². The molecule has 0 aromatic heterocycles. The number of hydrogen-bond acceptors (Lipinski definition) is 2. The molecule has 0 heterocycles. The highest BCUT2D eigenvalue weighted by Gasteiger charge is 2.19. The summed E-state index contributed by atoms with van der Waals surface area (Å²) in [5.74, 6) is 0. The number of nitrogens with one attached hydrogen (secondary N) is 1. The fraction of sp³-hybridized carbons (Fsp3) is 0.250. The molecule has 0 bridgehead atoms. The van der Waals surface area contributed by atoms with Crippen LogP contribution in [0.25, 0.3) is 0 Å². The van der Waals surface area contributed by atoms with E-state index in [4.69, 9.17) is 0 Å². The summed E-state index contributed by atoms with van der Waals surface area (Å²) in [4.78, 5) is 0. The Labute approximate surface area is 133 Å². The van der Waals surface area contributed by atoms with E-state index >= 15 is 0 Å². The van der Waals surface area contributed by atoms with Gasteiger partial charge in [0.15, 0.2) is 0 Å². The van der Waals surface area contributed by atoms with Crippen LogP contribution in [0.15, 0.2) is 72.3 Å². The Morgan fingerprint density at radius 1 is 1.05 bits per heavy atom. The average Bonchev–Trinajstić information content (AvgIpc) is 2.57. The minimum atomic E-state index is -0.287. The molecule has 0 amide bonds. The van der Waals surface area contributed by atoms with Gasteiger partial charge in [0.2, 0.25) is 0 Å². The van der Waals surface area contributed by atoms with E-state index in [1.807, 2.05) is 43.3 Å². The molecule has 2 aromatic carbocycles. The maximum Gasteiger partial charge on any atom is 0.117 e. The van der Waals surface area contributed by atoms with Crippen molar-refractivity contribution in [3.05, 3.63) is 83.4 Å². The van der Waals surface area contributed by atoms with Gasteiger partial charge in [0.1, 0.15) is 6.04 Å². The summed E-state index contributed by atoms with van der Waals surface area (Å²) in [6.07, 6.45) is 3.04. The molecule has 1 N–H and O–H groups in total. The lowest BCUT2D eigenvalue weighted by Gasteiger charge is -2.23. The van der Waals surface area contributed by atoms with Gasteiger partial charge >= 0.3 is 0 Å². The molecule has 22 heavy (non-hydrogen) atoms. The first-order valence-corrected chi connectivity index (χ1v) is 7.68. The third kappa shape index (κ3) is 4.07. The number of nitrogens with zero attached hydrogens (tertiary/aromatic N) is 1. The molecule has 2 heteroatoms. The van der Waals surface area contributed by atoms with Crippen molar-refractivity contribution in [2.75, 3.05) is 0 Å². The van der Waals surface area contributed by atoms with Crippen LogP contribution in [0.5, 0.6) is 0 Å². The molecular formula is C20H22N2. The second kappa shape index (κ2) is 8.17. The lowest BCUT2D eigenvalue weighted by atomic mass is 9.96. The smallest absolute Gasteiger partial charge is 0.117 e. The largest absolute Gasteiger partial charge is 0.288 e. The van der Waals surface area contributed by atoms with E-state index in [2.05, 4.69) is 48.7 Å². The van der Waals surface area contributed by atoms with Crippen LogP contribution in [0.3, 0.4) is 0 Å². The Morgan fingerprint density at radius 3 is 1.95 bits per heavy atom. The molecule has 0 unspecified atom stereocenters. The Bertz CT molecular complexity index is 599. The highest BCUT2D eigenvalue weighted by atomic mass is 15.0. The molecule has 0 fully saturated rings. The molecule has 0 radical (unpaired) electrons. The Balaban J connectivity index is 2.34. The summed E-state index contributed by atoms with van der Waals surface area (Å²) < 4.78 is 0. The molecule has 0 saturated carbocycles. The quantitative estimate of drug-likeness (QED) is 0.788. The van der Waals surface area contributed by atoms with E-state index in [1.54, 1.807) is 0 Å². The molecule has 2 aromatic rings. The van der Waals surface area contributed by atoms with Crippen molar-refractivity contribution < 1.29 is 0 Å². The molecule has 112 valence electrons. The van der Waals surface area contributed by atoms with Crippen LogP contribution in [0.1, 0.15) is 37.4 Å². The normalized spacial score (nSPS) is 12.9. The predicted octanol–water partition coefficient (Wildman–Crippen LogP) is 4.61. The van der Waals surface area contributed by atoms with E-state index in [0.717, 1.165) is 12.0 Å². The van der Waals surface area contributed by atoms with E-state index in [9.17, 15) is 5.26 Å². The number of hydrogen-bond donors (Lipinski definition) is 1. The molecule has 0 aliphatic heterocycles. The van der Waals surface area contributed by atoms with Gasteiger partial charge in [-0.25, -0.2) is 0 Å². The summed E-state index contributed by atoms with van der Waals surface area (Å²) in [5, 5.41) is 13.0. The fourth-order valence-electron chi connectivity index (χ4n) is 2.55. The van der Waals surface area contributed by atoms with Crippen LogP contribution < -0.4 is 5.32 Å². The number of allylic oxidation sites excluding steroid dienone is 1. The van der Waals surface area contributed by atoms with Gasteiger partial charge in [0, 0.05) is 0 Å². The molecule has 0 saturated heterocycles. The van der Waals surface area contributed by atoms with E-state index in [1.165, 1.54) is 11.1 Å². The monoisotopic (exact) mass is 290 g/mol. The molecule has 0 aliphatic carbocycles. The van der Waals surface area contributed by atoms with Gasteiger partial charge in [0.25, 0.3) is 0 Å². The lowest BCUT2D eigenvalue weighted by Crippen LogP contribution is -2.33. The molecule has 2 rings (SSSR count). The maximum atomic E-state index is 9.51. The van der Waals surface area contributed by atoms with Crippen LogP contribution in [-0.2, 0) is 0 Å². The first-order chi connectivity index (χ1) is 10.8. The molecule has 2 nitrogen and oxygen atoms in total.